The summed E-state index contributed by atoms with van der Waals surface area (Å²) in [6.45, 7) is 3.29. The van der Waals surface area contributed by atoms with Crippen LogP contribution in [0.4, 0.5) is 18.9 Å². The molecule has 8 nitrogen and oxygen atoms in total. The van der Waals surface area contributed by atoms with Crippen molar-refractivity contribution in [3.8, 4) is 11.8 Å². The zero-order valence-electron chi connectivity index (χ0n) is 18.6. The number of carbonyl (C=O) groups is 3. The van der Waals surface area contributed by atoms with Crippen molar-refractivity contribution in [2.75, 3.05) is 12.8 Å². The van der Waals surface area contributed by atoms with Gasteiger partial charge in [0.05, 0.1) is 7.11 Å². The molecule has 182 valence electrons. The smallest absolute Gasteiger partial charge is 0.475 e. The van der Waals surface area contributed by atoms with E-state index in [0.29, 0.717) is 11.3 Å². The Kier molecular flexibility index (Phi) is 9.65. The average molecular weight is 479 g/mol. The number of hydrogen-bond acceptors (Lipinski definition) is 6. The largest absolute Gasteiger partial charge is 0.490 e. The Labute approximate surface area is 194 Å². The monoisotopic (exact) mass is 479 g/mol. The SMILES string of the molecule is COC(=O)C(NC(=O)c1ccc(C#Cc2ccc(N)cc2)cc1)C(C)(C)N.O=C(O)C(F)(F)F. The van der Waals surface area contributed by atoms with Crippen molar-refractivity contribution in [1.82, 2.24) is 5.32 Å². The summed E-state index contributed by atoms with van der Waals surface area (Å²) in [6, 6.07) is 13.0. The van der Waals surface area contributed by atoms with Crippen LogP contribution >= 0.6 is 0 Å². The van der Waals surface area contributed by atoms with E-state index < -0.39 is 35.6 Å². The Morgan fingerprint density at radius 3 is 1.74 bits per heavy atom. The number of nitrogens with one attached hydrogen (secondary N) is 1. The number of methoxy groups -OCH3 is 1. The predicted molar refractivity (Wildman–Crippen MR) is 119 cm³/mol. The Morgan fingerprint density at radius 2 is 1.38 bits per heavy atom. The highest BCUT2D eigenvalue weighted by molar-refractivity contribution is 5.97. The fraction of sp³-hybridized carbons (Fsp3) is 0.261. The summed E-state index contributed by atoms with van der Waals surface area (Å²) in [7, 11) is 1.25. The number of carbonyl (C=O) groups excluding carboxylic acids is 2. The van der Waals surface area contributed by atoms with Crippen LogP contribution in [0.2, 0.25) is 0 Å². The third-order valence-electron chi connectivity index (χ3n) is 4.11. The van der Waals surface area contributed by atoms with Crippen LogP contribution in [0.1, 0.15) is 35.3 Å². The van der Waals surface area contributed by atoms with Gasteiger partial charge in [-0.2, -0.15) is 13.2 Å². The van der Waals surface area contributed by atoms with Gasteiger partial charge in [-0.15, -0.1) is 0 Å². The number of hydrogen-bond donors (Lipinski definition) is 4. The van der Waals surface area contributed by atoms with Crippen molar-refractivity contribution in [2.45, 2.75) is 31.6 Å². The predicted octanol–water partition coefficient (Wildman–Crippen LogP) is 2.31. The zero-order valence-corrected chi connectivity index (χ0v) is 18.6. The van der Waals surface area contributed by atoms with E-state index in [2.05, 4.69) is 17.2 Å². The molecule has 0 bridgehead atoms. The van der Waals surface area contributed by atoms with E-state index >= 15 is 0 Å². The van der Waals surface area contributed by atoms with Gasteiger partial charge in [0, 0.05) is 27.9 Å². The van der Waals surface area contributed by atoms with Gasteiger partial charge in [-0.3, -0.25) is 4.79 Å². The number of alkyl halides is 3. The normalized spacial score (nSPS) is 11.6. The Bertz CT molecular complexity index is 1060. The number of benzene rings is 2. The van der Waals surface area contributed by atoms with E-state index in [1.165, 1.54) is 7.11 Å². The van der Waals surface area contributed by atoms with E-state index in [0.717, 1.165) is 11.1 Å². The molecule has 0 saturated carbocycles. The van der Waals surface area contributed by atoms with Gasteiger partial charge in [-0.25, -0.2) is 9.59 Å². The highest BCUT2D eigenvalue weighted by atomic mass is 19.4. The van der Waals surface area contributed by atoms with Gasteiger partial charge in [0.15, 0.2) is 0 Å². The number of carboxylic acid groups (broad SMARTS) is 1. The zero-order chi connectivity index (χ0) is 26.1. The van der Waals surface area contributed by atoms with Crippen molar-refractivity contribution in [1.29, 1.82) is 0 Å². The number of ether oxygens (including phenoxy) is 1. The molecule has 6 N–H and O–H groups in total. The average Bonchev–Trinajstić information content (AvgIpc) is 2.75. The van der Waals surface area contributed by atoms with Gasteiger partial charge in [0.2, 0.25) is 0 Å². The second-order valence-corrected chi connectivity index (χ2v) is 7.50. The molecule has 1 atom stereocenters. The first-order valence-electron chi connectivity index (χ1n) is 9.60. The maximum atomic E-state index is 12.4. The molecule has 0 aliphatic heterocycles. The minimum atomic E-state index is -5.08. The quantitative estimate of drug-likeness (QED) is 0.299. The third kappa shape index (κ3) is 9.22. The molecular formula is C23H24F3N3O5. The van der Waals surface area contributed by atoms with Gasteiger partial charge in [-0.05, 0) is 62.4 Å². The summed E-state index contributed by atoms with van der Waals surface area (Å²) in [6.07, 6.45) is -5.08. The Hall–Kier alpha value is -4.04. The first kappa shape index (κ1) is 28.0. The fourth-order valence-electron chi connectivity index (χ4n) is 2.30. The summed E-state index contributed by atoms with van der Waals surface area (Å²) in [5.41, 5.74) is 13.3. The fourth-order valence-corrected chi connectivity index (χ4v) is 2.30. The number of aliphatic carboxylic acids is 1. The number of nitrogen functional groups attached to an aromatic ring is 1. The van der Waals surface area contributed by atoms with E-state index in [1.807, 2.05) is 12.1 Å². The van der Waals surface area contributed by atoms with Gasteiger partial charge in [0.1, 0.15) is 6.04 Å². The molecule has 0 aromatic heterocycles. The Balaban J connectivity index is 0.000000718. The van der Waals surface area contributed by atoms with Crippen LogP contribution in [0.25, 0.3) is 0 Å². The molecule has 0 heterocycles. The molecule has 11 heteroatoms. The van der Waals surface area contributed by atoms with E-state index in [-0.39, 0.29) is 0 Å². The molecule has 0 aliphatic rings. The highest BCUT2D eigenvalue weighted by Gasteiger charge is 2.38. The van der Waals surface area contributed by atoms with Crippen molar-refractivity contribution in [3.63, 3.8) is 0 Å². The number of anilines is 1. The first-order valence-corrected chi connectivity index (χ1v) is 9.60. The van der Waals surface area contributed by atoms with E-state index in [1.54, 1.807) is 50.2 Å². The van der Waals surface area contributed by atoms with Crippen LogP contribution in [0.5, 0.6) is 0 Å². The standard InChI is InChI=1S/C21H23N3O3.C2HF3O2/c1-21(2,23)18(20(26)27-3)24-19(25)16-10-6-14(7-11-16)4-5-15-8-12-17(22)13-9-15;3-2(4,5)1(6)7/h6-13,18H,22-23H2,1-3H3,(H,24,25);(H,6,7). The van der Waals surface area contributed by atoms with Crippen LogP contribution < -0.4 is 16.8 Å². The number of carboxylic acids is 1. The number of halogens is 3. The van der Waals surface area contributed by atoms with E-state index in [4.69, 9.17) is 26.1 Å². The summed E-state index contributed by atoms with van der Waals surface area (Å²) in [5, 5.41) is 9.75. The summed E-state index contributed by atoms with van der Waals surface area (Å²) < 4.78 is 36.5. The van der Waals surface area contributed by atoms with Crippen molar-refractivity contribution in [3.05, 3.63) is 65.2 Å². The van der Waals surface area contributed by atoms with Crippen LogP contribution in [0.15, 0.2) is 48.5 Å². The number of amides is 1. The molecule has 1 amide bonds. The minimum Gasteiger partial charge on any atom is -0.475 e. The molecule has 2 aromatic rings. The highest BCUT2D eigenvalue weighted by Crippen LogP contribution is 2.13. The van der Waals surface area contributed by atoms with Crippen LogP contribution in [0, 0.1) is 11.8 Å². The van der Waals surface area contributed by atoms with Crippen molar-refractivity contribution >= 4 is 23.5 Å². The van der Waals surface area contributed by atoms with Gasteiger partial charge in [-0.1, -0.05) is 11.8 Å². The number of nitrogens with two attached hydrogens (primary N) is 2. The lowest BCUT2D eigenvalue weighted by Gasteiger charge is -2.28. The minimum absolute atomic E-state index is 0.395. The van der Waals surface area contributed by atoms with Crippen LogP contribution in [-0.4, -0.2) is 47.8 Å². The van der Waals surface area contributed by atoms with Crippen molar-refractivity contribution in [2.24, 2.45) is 5.73 Å². The number of esters is 1. The Morgan fingerprint density at radius 1 is 0.971 bits per heavy atom. The van der Waals surface area contributed by atoms with Crippen LogP contribution in [-0.2, 0) is 14.3 Å². The van der Waals surface area contributed by atoms with Crippen molar-refractivity contribution < 1.29 is 37.4 Å². The first-order chi connectivity index (χ1) is 15.6. The lowest BCUT2D eigenvalue weighted by molar-refractivity contribution is -0.192. The lowest BCUT2D eigenvalue weighted by Crippen LogP contribution is -2.59. The summed E-state index contributed by atoms with van der Waals surface area (Å²) >= 11 is 0. The molecule has 34 heavy (non-hydrogen) atoms. The molecule has 0 spiro atoms. The number of rotatable bonds is 4. The van der Waals surface area contributed by atoms with E-state index in [9.17, 15) is 22.8 Å². The second-order valence-electron chi connectivity index (χ2n) is 7.50. The summed E-state index contributed by atoms with van der Waals surface area (Å²) in [5.74, 6) is 2.28. The maximum absolute atomic E-state index is 12.4. The molecule has 2 aromatic carbocycles. The molecule has 0 fully saturated rings. The van der Waals surface area contributed by atoms with Crippen LogP contribution in [0.3, 0.4) is 0 Å². The molecule has 0 aliphatic carbocycles. The topological polar surface area (TPSA) is 145 Å². The molecule has 2 rings (SSSR count). The molecule has 1 unspecified atom stereocenters. The van der Waals surface area contributed by atoms with Gasteiger partial charge in [0.25, 0.3) is 5.91 Å². The lowest BCUT2D eigenvalue weighted by atomic mass is 9.95. The molecular weight excluding hydrogens is 455 g/mol. The maximum Gasteiger partial charge on any atom is 0.490 e. The van der Waals surface area contributed by atoms with Gasteiger partial charge < -0.3 is 26.6 Å². The second kappa shape index (κ2) is 11.7. The molecule has 0 saturated heterocycles. The third-order valence-corrected chi connectivity index (χ3v) is 4.11. The van der Waals surface area contributed by atoms with Gasteiger partial charge >= 0.3 is 18.1 Å². The molecule has 0 radical (unpaired) electrons. The summed E-state index contributed by atoms with van der Waals surface area (Å²) in [4.78, 5) is 33.2.